The van der Waals surface area contributed by atoms with Crippen molar-refractivity contribution < 1.29 is 45.6 Å². The van der Waals surface area contributed by atoms with Gasteiger partial charge in [-0.2, -0.15) is 26.3 Å². The minimum absolute atomic E-state index is 0.116. The molecule has 1 aromatic heterocycles. The van der Waals surface area contributed by atoms with E-state index in [2.05, 4.69) is 9.68 Å². The van der Waals surface area contributed by atoms with Crippen LogP contribution in [0.5, 0.6) is 0 Å². The summed E-state index contributed by atoms with van der Waals surface area (Å²) in [6.45, 7) is 0. The topological polar surface area (TPSA) is 106 Å². The van der Waals surface area contributed by atoms with E-state index in [4.69, 9.17) is 15.6 Å². The zero-order valence-corrected chi connectivity index (χ0v) is 11.9. The average Bonchev–Trinajstić information content (AvgIpc) is 2.95. The van der Waals surface area contributed by atoms with Crippen LogP contribution in [0.15, 0.2) is 35.1 Å². The predicted octanol–water partition coefficient (Wildman–Crippen LogP) is 3.09. The smallest absolute Gasteiger partial charge is 0.475 e. The molecule has 1 amide bonds. The standard InChI is InChI=1S/C11H7F3N2O2.C2HF3O2/c12-11(13,14)7-3-1-6(2-4-7)8-5-18-16-9(8)10(15)17;3-2(4,5)1(6)7/h1-5H,(H2,15,17);(H,6,7). The highest BCUT2D eigenvalue weighted by Crippen LogP contribution is 2.31. The van der Waals surface area contributed by atoms with Gasteiger partial charge in [0.2, 0.25) is 0 Å². The van der Waals surface area contributed by atoms with E-state index in [1.807, 2.05) is 0 Å². The van der Waals surface area contributed by atoms with Crippen LogP contribution in [0.4, 0.5) is 26.3 Å². The third kappa shape index (κ3) is 5.51. The minimum atomic E-state index is -5.08. The van der Waals surface area contributed by atoms with Crippen molar-refractivity contribution in [2.24, 2.45) is 5.73 Å². The maximum Gasteiger partial charge on any atom is 0.490 e. The van der Waals surface area contributed by atoms with E-state index in [0.29, 0.717) is 5.56 Å². The highest BCUT2D eigenvalue weighted by atomic mass is 19.4. The van der Waals surface area contributed by atoms with Gasteiger partial charge in [-0.1, -0.05) is 17.3 Å². The van der Waals surface area contributed by atoms with E-state index in [1.54, 1.807) is 0 Å². The van der Waals surface area contributed by atoms with Gasteiger partial charge in [0.15, 0.2) is 5.69 Å². The van der Waals surface area contributed by atoms with E-state index in [0.717, 1.165) is 18.4 Å². The average molecular weight is 370 g/mol. The van der Waals surface area contributed by atoms with Crippen LogP contribution >= 0.6 is 0 Å². The first-order valence-corrected chi connectivity index (χ1v) is 6.06. The van der Waals surface area contributed by atoms with Gasteiger partial charge in [-0.15, -0.1) is 0 Å². The molecule has 12 heteroatoms. The van der Waals surface area contributed by atoms with Gasteiger partial charge in [-0.05, 0) is 17.7 Å². The molecular formula is C13H8F6N2O4. The van der Waals surface area contributed by atoms with Crippen molar-refractivity contribution in [1.29, 1.82) is 0 Å². The van der Waals surface area contributed by atoms with E-state index >= 15 is 0 Å². The Kier molecular flexibility index (Phi) is 5.79. The summed E-state index contributed by atoms with van der Waals surface area (Å²) in [5, 5.41) is 10.5. The van der Waals surface area contributed by atoms with Crippen molar-refractivity contribution in [2.45, 2.75) is 12.4 Å². The number of nitrogens with two attached hydrogens (primary N) is 1. The first kappa shape index (κ1) is 20.0. The van der Waals surface area contributed by atoms with Crippen LogP contribution in [-0.4, -0.2) is 28.3 Å². The van der Waals surface area contributed by atoms with Gasteiger partial charge in [0.05, 0.1) is 11.1 Å². The van der Waals surface area contributed by atoms with Crippen LogP contribution < -0.4 is 5.73 Å². The molecule has 0 spiro atoms. The number of aliphatic carboxylic acids is 1. The summed E-state index contributed by atoms with van der Waals surface area (Å²) in [6.07, 6.45) is -8.33. The van der Waals surface area contributed by atoms with E-state index in [9.17, 15) is 31.1 Å². The fourth-order valence-electron chi connectivity index (χ4n) is 1.46. The van der Waals surface area contributed by atoms with Crippen LogP contribution in [0, 0.1) is 0 Å². The molecule has 136 valence electrons. The number of carbonyl (C=O) groups is 2. The van der Waals surface area contributed by atoms with Crippen molar-refractivity contribution in [3.05, 3.63) is 41.8 Å². The third-order valence-electron chi connectivity index (χ3n) is 2.57. The maximum absolute atomic E-state index is 12.4. The number of amides is 1. The summed E-state index contributed by atoms with van der Waals surface area (Å²) in [7, 11) is 0. The van der Waals surface area contributed by atoms with Crippen molar-refractivity contribution in [3.8, 4) is 11.1 Å². The molecule has 0 saturated heterocycles. The van der Waals surface area contributed by atoms with E-state index in [1.165, 1.54) is 12.1 Å². The monoisotopic (exact) mass is 370 g/mol. The number of benzene rings is 1. The molecule has 2 rings (SSSR count). The molecule has 1 aromatic carbocycles. The highest BCUT2D eigenvalue weighted by molar-refractivity contribution is 5.97. The lowest BCUT2D eigenvalue weighted by Gasteiger charge is -2.06. The number of alkyl halides is 6. The molecule has 0 saturated carbocycles. The van der Waals surface area contributed by atoms with Gasteiger partial charge in [0, 0.05) is 0 Å². The van der Waals surface area contributed by atoms with Crippen molar-refractivity contribution >= 4 is 11.9 Å². The molecule has 0 unspecified atom stereocenters. The Balaban J connectivity index is 0.000000381. The molecule has 0 radical (unpaired) electrons. The summed E-state index contributed by atoms with van der Waals surface area (Å²) in [6, 6.07) is 4.27. The molecule has 3 N–H and O–H groups in total. The largest absolute Gasteiger partial charge is 0.490 e. The summed E-state index contributed by atoms with van der Waals surface area (Å²) >= 11 is 0. The Morgan fingerprint density at radius 1 is 1.04 bits per heavy atom. The number of rotatable bonds is 2. The van der Waals surface area contributed by atoms with Crippen LogP contribution in [-0.2, 0) is 11.0 Å². The molecular weight excluding hydrogens is 362 g/mol. The number of carboxylic acid groups (broad SMARTS) is 1. The van der Waals surface area contributed by atoms with Crippen molar-refractivity contribution in [3.63, 3.8) is 0 Å². The van der Waals surface area contributed by atoms with Crippen LogP contribution in [0.3, 0.4) is 0 Å². The van der Waals surface area contributed by atoms with Crippen LogP contribution in [0.25, 0.3) is 11.1 Å². The first-order chi connectivity index (χ1) is 11.3. The van der Waals surface area contributed by atoms with E-state index in [-0.39, 0.29) is 11.3 Å². The minimum Gasteiger partial charge on any atom is -0.475 e. The molecule has 0 aliphatic rings. The van der Waals surface area contributed by atoms with Gasteiger partial charge < -0.3 is 15.4 Å². The molecule has 6 nitrogen and oxygen atoms in total. The molecule has 1 heterocycles. The van der Waals surface area contributed by atoms with Gasteiger partial charge in [-0.25, -0.2) is 4.79 Å². The van der Waals surface area contributed by atoms with Gasteiger partial charge in [0.1, 0.15) is 6.26 Å². The lowest BCUT2D eigenvalue weighted by atomic mass is 10.0. The SMILES string of the molecule is NC(=O)c1nocc1-c1ccc(C(F)(F)F)cc1.O=C(O)C(F)(F)F. The second kappa shape index (κ2) is 7.23. The number of carbonyl (C=O) groups excluding carboxylic acids is 1. The van der Waals surface area contributed by atoms with Crippen molar-refractivity contribution in [1.82, 2.24) is 5.16 Å². The molecule has 0 aliphatic heterocycles. The fourth-order valence-corrected chi connectivity index (χ4v) is 1.46. The zero-order valence-electron chi connectivity index (χ0n) is 11.9. The lowest BCUT2D eigenvalue weighted by molar-refractivity contribution is -0.192. The maximum atomic E-state index is 12.4. The number of carboxylic acids is 1. The second-order valence-corrected chi connectivity index (χ2v) is 4.32. The zero-order chi connectivity index (χ0) is 19.4. The molecule has 2 aromatic rings. The molecule has 0 aliphatic carbocycles. The van der Waals surface area contributed by atoms with Gasteiger partial charge in [-0.3, -0.25) is 4.79 Å². The fraction of sp³-hybridized carbons (Fsp3) is 0.154. The molecule has 25 heavy (non-hydrogen) atoms. The number of hydrogen-bond acceptors (Lipinski definition) is 4. The summed E-state index contributed by atoms with van der Waals surface area (Å²) in [5.41, 5.74) is 4.80. The number of nitrogens with zero attached hydrogens (tertiary/aromatic N) is 1. The molecule has 0 bridgehead atoms. The van der Waals surface area contributed by atoms with Gasteiger partial charge in [0.25, 0.3) is 5.91 Å². The van der Waals surface area contributed by atoms with Crippen molar-refractivity contribution in [2.75, 3.05) is 0 Å². The summed E-state index contributed by atoms with van der Waals surface area (Å²) < 4.78 is 73.4. The van der Waals surface area contributed by atoms with Crippen LogP contribution in [0.2, 0.25) is 0 Å². The normalized spacial score (nSPS) is 11.4. The Morgan fingerprint density at radius 3 is 1.88 bits per heavy atom. The number of halogens is 6. The molecule has 0 fully saturated rings. The Labute approximate surface area is 134 Å². The number of aromatic nitrogens is 1. The van der Waals surface area contributed by atoms with Gasteiger partial charge >= 0.3 is 18.3 Å². The Morgan fingerprint density at radius 2 is 1.52 bits per heavy atom. The second-order valence-electron chi connectivity index (χ2n) is 4.32. The Hall–Kier alpha value is -3.05. The van der Waals surface area contributed by atoms with E-state index < -0.39 is 29.8 Å². The number of primary amides is 1. The van der Waals surface area contributed by atoms with Crippen LogP contribution in [0.1, 0.15) is 16.1 Å². The Bertz CT molecular complexity index is 749. The number of hydrogen-bond donors (Lipinski definition) is 2. The summed E-state index contributed by atoms with van der Waals surface area (Å²) in [4.78, 5) is 19.9. The predicted molar refractivity (Wildman–Crippen MR) is 69.1 cm³/mol. The first-order valence-electron chi connectivity index (χ1n) is 6.06. The quantitative estimate of drug-likeness (QED) is 0.790. The summed E-state index contributed by atoms with van der Waals surface area (Å²) in [5.74, 6) is -3.56. The highest BCUT2D eigenvalue weighted by Gasteiger charge is 2.38. The lowest BCUT2D eigenvalue weighted by Crippen LogP contribution is -2.21. The third-order valence-corrected chi connectivity index (χ3v) is 2.57. The molecule has 0 atom stereocenters.